The molecular weight excluding hydrogens is 973 g/mol. The number of carbonyl (C=O) groups is 2. The van der Waals surface area contributed by atoms with Gasteiger partial charge in [-0.1, -0.05) is 152 Å². The van der Waals surface area contributed by atoms with Crippen LogP contribution in [0.5, 0.6) is 0 Å². The van der Waals surface area contributed by atoms with Gasteiger partial charge in [-0.25, -0.2) is 0 Å². The largest absolute Gasteiger partial charge is 0.308 e. The summed E-state index contributed by atoms with van der Waals surface area (Å²) < 4.78 is 5.18. The molecule has 8 aliphatic carbocycles. The molecule has 4 heteroatoms. The third kappa shape index (κ3) is 4.99. The molecular formula is C76H60N2O2. The molecule has 0 atom stereocenters. The van der Waals surface area contributed by atoms with E-state index in [1.165, 1.54) is 110 Å². The number of carbonyl (C=O) groups excluding carboxylic acids is 2. The molecule has 0 amide bonds. The van der Waals surface area contributed by atoms with E-state index in [0.717, 1.165) is 81.2 Å². The van der Waals surface area contributed by atoms with Gasteiger partial charge in [0.2, 0.25) is 0 Å². The van der Waals surface area contributed by atoms with Gasteiger partial charge in [0.15, 0.2) is 11.6 Å². The third-order valence-electron chi connectivity index (χ3n) is 22.3. The van der Waals surface area contributed by atoms with E-state index in [1.54, 1.807) is 0 Å². The number of rotatable bonds is 0. The third-order valence-corrected chi connectivity index (χ3v) is 22.3. The first-order chi connectivity index (χ1) is 38.5. The lowest BCUT2D eigenvalue weighted by Crippen LogP contribution is -2.34. The number of fused-ring (bicyclic) bond motifs is 16. The monoisotopic (exact) mass is 1030 g/mol. The first kappa shape index (κ1) is 44.7. The molecule has 0 aliphatic heterocycles. The van der Waals surface area contributed by atoms with Crippen LogP contribution in [0.25, 0.3) is 76.2 Å². The molecule has 13 aromatic rings. The van der Waals surface area contributed by atoms with Crippen molar-refractivity contribution in [2.75, 3.05) is 0 Å². The number of hydrogen-bond donors (Lipinski definition) is 0. The van der Waals surface area contributed by atoms with Crippen LogP contribution >= 0.6 is 0 Å². The van der Waals surface area contributed by atoms with Gasteiger partial charge in [-0.2, -0.15) is 0 Å². The SMILES string of the molecule is CC1(C)CCC(C)(C)c2c1cc1c3cc4c(cc3n3c5cc6c(cc5c2c13)C1c2ccccc2C(C6=O)c2ccccc21)c1cc2c(c3c5cc6c(cc5n4c13)C(=O)C1c3ccccc3C6c3ccccc31)C(C)(C)CCC2(C)C. The summed E-state index contributed by atoms with van der Waals surface area (Å²) in [5, 5.41) is 10.2. The second-order valence-electron chi connectivity index (χ2n) is 28.1. The zero-order valence-electron chi connectivity index (χ0n) is 46.7. The number of aromatic nitrogens is 2. The van der Waals surface area contributed by atoms with Gasteiger partial charge in [-0.15, -0.1) is 0 Å². The van der Waals surface area contributed by atoms with E-state index >= 15 is 9.59 Å². The van der Waals surface area contributed by atoms with Crippen LogP contribution in [-0.2, 0) is 21.7 Å². The Hall–Kier alpha value is -8.08. The van der Waals surface area contributed by atoms with Crippen LogP contribution in [-0.4, -0.2) is 20.4 Å². The normalized spacial score (nSPS) is 22.2. The smallest absolute Gasteiger partial charge is 0.175 e. The predicted molar refractivity (Wildman–Crippen MR) is 326 cm³/mol. The molecule has 386 valence electrons. The number of nitrogens with zero attached hydrogens (tertiary/aromatic N) is 2. The molecule has 0 saturated carbocycles. The van der Waals surface area contributed by atoms with E-state index in [2.05, 4.69) is 210 Å². The van der Waals surface area contributed by atoms with Gasteiger partial charge < -0.3 is 8.80 Å². The van der Waals surface area contributed by atoms with E-state index in [-0.39, 0.29) is 56.9 Å². The maximum atomic E-state index is 15.7. The fraction of sp³-hybridized carbons (Fsp3) is 0.263. The Morgan fingerprint density at radius 3 is 0.963 bits per heavy atom. The van der Waals surface area contributed by atoms with Crippen LogP contribution in [0.15, 0.2) is 146 Å². The van der Waals surface area contributed by atoms with Gasteiger partial charge in [0.05, 0.1) is 44.9 Å². The second-order valence-corrected chi connectivity index (χ2v) is 28.1. The fourth-order valence-electron chi connectivity index (χ4n) is 18.4. The van der Waals surface area contributed by atoms with Gasteiger partial charge in [0.1, 0.15) is 0 Å². The fourth-order valence-corrected chi connectivity index (χ4v) is 18.4. The molecule has 80 heavy (non-hydrogen) atoms. The number of ketones is 2. The molecule has 0 fully saturated rings. The van der Waals surface area contributed by atoms with Crippen LogP contribution < -0.4 is 0 Å². The van der Waals surface area contributed by atoms with Crippen LogP contribution in [0.1, 0.15) is 203 Å². The van der Waals surface area contributed by atoms with Crippen molar-refractivity contribution < 1.29 is 9.59 Å². The van der Waals surface area contributed by atoms with E-state index < -0.39 is 0 Å². The van der Waals surface area contributed by atoms with E-state index in [0.29, 0.717) is 0 Å². The summed E-state index contributed by atoms with van der Waals surface area (Å²) in [4.78, 5) is 31.4. The van der Waals surface area contributed by atoms with Crippen LogP contribution in [0.4, 0.5) is 0 Å². The van der Waals surface area contributed by atoms with Crippen molar-refractivity contribution in [2.45, 2.75) is 126 Å². The predicted octanol–water partition coefficient (Wildman–Crippen LogP) is 18.3. The first-order valence-electron chi connectivity index (χ1n) is 29.6. The average molecular weight is 1030 g/mol. The van der Waals surface area contributed by atoms with Gasteiger partial charge >= 0.3 is 0 Å². The highest BCUT2D eigenvalue weighted by molar-refractivity contribution is 6.31. The van der Waals surface area contributed by atoms with Crippen LogP contribution in [0.3, 0.4) is 0 Å². The van der Waals surface area contributed by atoms with Gasteiger partial charge in [0.25, 0.3) is 0 Å². The Morgan fingerprint density at radius 2 is 0.625 bits per heavy atom. The molecule has 4 bridgehead atoms. The summed E-state index contributed by atoms with van der Waals surface area (Å²) >= 11 is 0. The summed E-state index contributed by atoms with van der Waals surface area (Å²) in [6, 6.07) is 54.9. The molecule has 8 aliphatic rings. The van der Waals surface area contributed by atoms with Crippen molar-refractivity contribution in [1.29, 1.82) is 0 Å². The van der Waals surface area contributed by atoms with Gasteiger partial charge in [0, 0.05) is 66.1 Å². The minimum Gasteiger partial charge on any atom is -0.308 e. The van der Waals surface area contributed by atoms with Crippen molar-refractivity contribution in [3.05, 3.63) is 235 Å². The molecule has 4 nitrogen and oxygen atoms in total. The summed E-state index contributed by atoms with van der Waals surface area (Å²) in [6.45, 7) is 19.8. The lowest BCUT2D eigenvalue weighted by Gasteiger charge is -2.42. The minimum atomic E-state index is -0.352. The van der Waals surface area contributed by atoms with Crippen molar-refractivity contribution in [3.8, 4) is 0 Å². The van der Waals surface area contributed by atoms with Crippen LogP contribution in [0.2, 0.25) is 0 Å². The maximum absolute atomic E-state index is 15.7. The summed E-state index contributed by atoms with van der Waals surface area (Å²) in [5.41, 5.74) is 26.2. The van der Waals surface area contributed by atoms with E-state index in [9.17, 15) is 0 Å². The molecule has 0 unspecified atom stereocenters. The molecule has 0 saturated heterocycles. The number of benzene rings is 9. The van der Waals surface area contributed by atoms with Crippen LogP contribution in [0, 0.1) is 0 Å². The Kier molecular flexibility index (Phi) is 7.77. The number of hydrogen-bond acceptors (Lipinski definition) is 2. The lowest BCUT2D eigenvalue weighted by molar-refractivity contribution is 0.0966. The molecule has 9 aromatic carbocycles. The molecule has 21 rings (SSSR count). The zero-order chi connectivity index (χ0) is 53.7. The molecule has 4 aromatic heterocycles. The second kappa shape index (κ2) is 13.9. The quantitative estimate of drug-likeness (QED) is 0.152. The van der Waals surface area contributed by atoms with Gasteiger partial charge in [-0.3, -0.25) is 9.59 Å². The zero-order valence-corrected chi connectivity index (χ0v) is 46.7. The topological polar surface area (TPSA) is 43.0 Å². The Labute approximate surface area is 464 Å². The Balaban J connectivity index is 0.979. The van der Waals surface area contributed by atoms with Gasteiger partial charge in [-0.05, 0) is 174 Å². The summed E-state index contributed by atoms with van der Waals surface area (Å²) in [6.07, 6.45) is 4.41. The molecule has 0 spiro atoms. The standard InChI is InChI=1S/C76H60N2O2/c1-73(2)25-27-75(5,6)67-55(73)31-49-45-33-58-46(34-57(45)77-59-35-51-47(29-53(59)65(67)69(49)77)61-37-17-9-13-21-41(37)63(71(51)79)42-22-14-10-18-38(42)61)50-32-56-68(76(7,8)28-26-74(56,3)4)66-54-30-48-52(36-60(54)78(58)70(50)66)72(80)64-43-23-15-11-19-39(43)62(48)40-20-12-16-24-44(40)64/h9-24,29-36,61-64H,25-28H2,1-8H3. The minimum absolute atomic E-state index is 0.0406. The number of Topliss-reactive ketones (excluding diaryl/α,β-unsaturated/α-hetero) is 2. The molecule has 0 radical (unpaired) electrons. The molecule has 4 heterocycles. The Morgan fingerprint density at radius 1 is 0.325 bits per heavy atom. The average Bonchev–Trinajstić information content (AvgIpc) is 2.17. The summed E-state index contributed by atoms with van der Waals surface area (Å²) in [7, 11) is 0. The van der Waals surface area contributed by atoms with E-state index in [4.69, 9.17) is 0 Å². The Bertz CT molecular complexity index is 4730. The highest BCUT2D eigenvalue weighted by atomic mass is 16.1. The van der Waals surface area contributed by atoms with Crippen molar-refractivity contribution in [1.82, 2.24) is 8.80 Å². The highest BCUT2D eigenvalue weighted by Crippen LogP contribution is 2.60. The van der Waals surface area contributed by atoms with E-state index in [1.807, 2.05) is 0 Å². The lowest BCUT2D eigenvalue weighted by atomic mass is 9.62. The first-order valence-corrected chi connectivity index (χ1v) is 29.6. The highest BCUT2D eigenvalue weighted by Gasteiger charge is 2.48. The van der Waals surface area contributed by atoms with Crippen molar-refractivity contribution in [2.24, 2.45) is 0 Å². The molecule has 0 N–H and O–H groups in total. The van der Waals surface area contributed by atoms with Crippen molar-refractivity contribution in [3.63, 3.8) is 0 Å². The van der Waals surface area contributed by atoms with Crippen molar-refractivity contribution >= 4 is 87.8 Å². The maximum Gasteiger partial charge on any atom is 0.175 e. The summed E-state index contributed by atoms with van der Waals surface area (Å²) in [5.74, 6) is -0.393.